The first kappa shape index (κ1) is 14.1. The summed E-state index contributed by atoms with van der Waals surface area (Å²) in [6.45, 7) is 7.64. The largest absolute Gasteiger partial charge is 0.387 e. The van der Waals surface area contributed by atoms with Gasteiger partial charge in [0.15, 0.2) is 0 Å². The average Bonchev–Trinajstić information content (AvgIpc) is 2.33. The van der Waals surface area contributed by atoms with Crippen LogP contribution in [0.25, 0.3) is 0 Å². The van der Waals surface area contributed by atoms with Gasteiger partial charge >= 0.3 is 0 Å². The maximum Gasteiger partial charge on any atom is 0.0929 e. The number of hydrogen-bond donors (Lipinski definition) is 2. The zero-order valence-corrected chi connectivity index (χ0v) is 9.90. The Bertz CT molecular complexity index is 226. The van der Waals surface area contributed by atoms with Crippen LogP contribution in [-0.4, -0.2) is 23.2 Å². The van der Waals surface area contributed by atoms with Gasteiger partial charge in [-0.3, -0.25) is 4.98 Å². The summed E-state index contributed by atoms with van der Waals surface area (Å²) in [7, 11) is 0. The lowest BCUT2D eigenvalue weighted by molar-refractivity contribution is 0.174. The zero-order chi connectivity index (χ0) is 11.5. The number of aliphatic hydroxyl groups excluding tert-OH is 1. The summed E-state index contributed by atoms with van der Waals surface area (Å²) >= 11 is 0. The molecule has 0 aliphatic heterocycles. The number of pyridine rings is 1. The summed E-state index contributed by atoms with van der Waals surface area (Å²) in [6.07, 6.45) is 4.04. The second-order valence-corrected chi connectivity index (χ2v) is 3.01. The molecular weight excluding hydrogens is 188 g/mol. The third-order valence-corrected chi connectivity index (χ3v) is 1.83. The van der Waals surface area contributed by atoms with Gasteiger partial charge < -0.3 is 10.4 Å². The maximum atomic E-state index is 9.64. The molecule has 0 radical (unpaired) electrons. The zero-order valence-electron chi connectivity index (χ0n) is 9.90. The van der Waals surface area contributed by atoms with Crippen molar-refractivity contribution in [1.29, 1.82) is 0 Å². The Kier molecular flexibility index (Phi) is 9.02. The topological polar surface area (TPSA) is 45.1 Å². The van der Waals surface area contributed by atoms with Gasteiger partial charge in [0, 0.05) is 24.5 Å². The van der Waals surface area contributed by atoms with E-state index in [4.69, 9.17) is 0 Å². The SMILES string of the molecule is CC.CCCNCC(O)c1cccnc1. The van der Waals surface area contributed by atoms with E-state index in [1.165, 1.54) is 0 Å². The fourth-order valence-corrected chi connectivity index (χ4v) is 1.11. The monoisotopic (exact) mass is 210 g/mol. The number of aromatic nitrogens is 1. The minimum absolute atomic E-state index is 0.444. The number of aliphatic hydroxyl groups is 1. The van der Waals surface area contributed by atoms with Crippen molar-refractivity contribution in [2.24, 2.45) is 0 Å². The molecule has 0 bridgehead atoms. The molecule has 1 rings (SSSR count). The molecule has 15 heavy (non-hydrogen) atoms. The predicted molar refractivity (Wildman–Crippen MR) is 63.7 cm³/mol. The molecule has 2 N–H and O–H groups in total. The maximum absolute atomic E-state index is 9.64. The van der Waals surface area contributed by atoms with Gasteiger partial charge in [0.25, 0.3) is 0 Å². The summed E-state index contributed by atoms with van der Waals surface area (Å²) in [5.41, 5.74) is 0.867. The van der Waals surface area contributed by atoms with E-state index in [9.17, 15) is 5.11 Å². The minimum atomic E-state index is -0.444. The number of nitrogens with one attached hydrogen (secondary N) is 1. The predicted octanol–water partition coefficient (Wildman–Crippen LogP) is 2.14. The molecule has 1 heterocycles. The van der Waals surface area contributed by atoms with Crippen molar-refractivity contribution < 1.29 is 5.11 Å². The molecule has 0 saturated carbocycles. The van der Waals surface area contributed by atoms with Gasteiger partial charge in [-0.1, -0.05) is 26.8 Å². The van der Waals surface area contributed by atoms with E-state index in [2.05, 4.69) is 17.2 Å². The molecule has 0 saturated heterocycles. The molecule has 1 aromatic rings. The van der Waals surface area contributed by atoms with E-state index < -0.39 is 6.10 Å². The van der Waals surface area contributed by atoms with Crippen LogP contribution < -0.4 is 5.32 Å². The van der Waals surface area contributed by atoms with Crippen molar-refractivity contribution in [2.75, 3.05) is 13.1 Å². The minimum Gasteiger partial charge on any atom is -0.387 e. The number of nitrogens with zero attached hydrogens (tertiary/aromatic N) is 1. The third kappa shape index (κ3) is 6.20. The Morgan fingerprint density at radius 1 is 1.47 bits per heavy atom. The van der Waals surface area contributed by atoms with Crippen molar-refractivity contribution in [1.82, 2.24) is 10.3 Å². The Labute approximate surface area is 92.6 Å². The fourth-order valence-electron chi connectivity index (χ4n) is 1.11. The molecule has 3 heteroatoms. The Balaban J connectivity index is 0.000000921. The molecule has 1 aromatic heterocycles. The third-order valence-electron chi connectivity index (χ3n) is 1.83. The first-order valence-electron chi connectivity index (χ1n) is 5.63. The molecule has 0 aromatic carbocycles. The van der Waals surface area contributed by atoms with E-state index >= 15 is 0 Å². The van der Waals surface area contributed by atoms with Crippen LogP contribution in [0.3, 0.4) is 0 Å². The van der Waals surface area contributed by atoms with Gasteiger partial charge in [0.1, 0.15) is 0 Å². The quantitative estimate of drug-likeness (QED) is 0.732. The van der Waals surface area contributed by atoms with E-state index in [1.54, 1.807) is 12.4 Å². The summed E-state index contributed by atoms with van der Waals surface area (Å²) in [5.74, 6) is 0. The van der Waals surface area contributed by atoms with Gasteiger partial charge in [0.2, 0.25) is 0 Å². The molecule has 1 atom stereocenters. The van der Waals surface area contributed by atoms with Crippen LogP contribution in [0, 0.1) is 0 Å². The molecule has 0 aliphatic carbocycles. The van der Waals surface area contributed by atoms with E-state index in [0.29, 0.717) is 6.54 Å². The van der Waals surface area contributed by atoms with Crippen LogP contribution in [0.2, 0.25) is 0 Å². The van der Waals surface area contributed by atoms with Crippen LogP contribution in [-0.2, 0) is 0 Å². The fraction of sp³-hybridized carbons (Fsp3) is 0.583. The first-order valence-corrected chi connectivity index (χ1v) is 5.63. The standard InChI is InChI=1S/C10H16N2O.C2H6/c1-2-5-11-8-10(13)9-4-3-6-12-7-9;1-2/h3-4,6-7,10-11,13H,2,5,8H2,1H3;1-2H3. The van der Waals surface area contributed by atoms with Gasteiger partial charge in [-0.15, -0.1) is 0 Å². The Morgan fingerprint density at radius 2 is 2.20 bits per heavy atom. The highest BCUT2D eigenvalue weighted by Crippen LogP contribution is 2.08. The molecular formula is C12H22N2O. The van der Waals surface area contributed by atoms with Crippen molar-refractivity contribution in [2.45, 2.75) is 33.3 Å². The van der Waals surface area contributed by atoms with Crippen molar-refractivity contribution in [3.8, 4) is 0 Å². The lowest BCUT2D eigenvalue weighted by Crippen LogP contribution is -2.22. The number of rotatable bonds is 5. The van der Waals surface area contributed by atoms with E-state index in [0.717, 1.165) is 18.5 Å². The molecule has 0 spiro atoms. The molecule has 0 aliphatic rings. The molecule has 1 unspecified atom stereocenters. The summed E-state index contributed by atoms with van der Waals surface area (Å²) in [5, 5.41) is 12.8. The highest BCUT2D eigenvalue weighted by Gasteiger charge is 2.05. The van der Waals surface area contributed by atoms with Crippen LogP contribution >= 0.6 is 0 Å². The first-order chi connectivity index (χ1) is 7.34. The van der Waals surface area contributed by atoms with E-state index in [-0.39, 0.29) is 0 Å². The Hall–Kier alpha value is -0.930. The van der Waals surface area contributed by atoms with Gasteiger partial charge in [-0.05, 0) is 19.0 Å². The number of hydrogen-bond acceptors (Lipinski definition) is 3. The van der Waals surface area contributed by atoms with Gasteiger partial charge in [0.05, 0.1) is 6.10 Å². The summed E-state index contributed by atoms with van der Waals surface area (Å²) in [6, 6.07) is 3.71. The average molecular weight is 210 g/mol. The second kappa shape index (κ2) is 9.62. The van der Waals surface area contributed by atoms with Crippen LogP contribution in [0.15, 0.2) is 24.5 Å². The van der Waals surface area contributed by atoms with Crippen LogP contribution in [0.4, 0.5) is 0 Å². The molecule has 0 fully saturated rings. The highest BCUT2D eigenvalue weighted by molar-refractivity contribution is 5.11. The molecule has 3 nitrogen and oxygen atoms in total. The van der Waals surface area contributed by atoms with Gasteiger partial charge in [-0.2, -0.15) is 0 Å². The normalized spacial score (nSPS) is 11.5. The smallest absolute Gasteiger partial charge is 0.0929 e. The van der Waals surface area contributed by atoms with Crippen molar-refractivity contribution >= 4 is 0 Å². The van der Waals surface area contributed by atoms with Crippen LogP contribution in [0.1, 0.15) is 38.9 Å². The molecule has 86 valence electrons. The Morgan fingerprint density at radius 3 is 2.73 bits per heavy atom. The van der Waals surface area contributed by atoms with Crippen molar-refractivity contribution in [3.05, 3.63) is 30.1 Å². The van der Waals surface area contributed by atoms with E-state index in [1.807, 2.05) is 26.0 Å². The highest BCUT2D eigenvalue weighted by atomic mass is 16.3. The summed E-state index contributed by atoms with van der Waals surface area (Å²) in [4.78, 5) is 3.95. The summed E-state index contributed by atoms with van der Waals surface area (Å²) < 4.78 is 0. The lowest BCUT2D eigenvalue weighted by atomic mass is 10.1. The van der Waals surface area contributed by atoms with Gasteiger partial charge in [-0.25, -0.2) is 0 Å². The lowest BCUT2D eigenvalue weighted by Gasteiger charge is -2.10. The molecule has 0 amide bonds. The van der Waals surface area contributed by atoms with Crippen molar-refractivity contribution in [3.63, 3.8) is 0 Å². The second-order valence-electron chi connectivity index (χ2n) is 3.01. The van der Waals surface area contributed by atoms with Crippen LogP contribution in [0.5, 0.6) is 0 Å².